The molecule has 0 heterocycles. The van der Waals surface area contributed by atoms with E-state index in [2.05, 4.69) is 35.2 Å². The first kappa shape index (κ1) is 20.4. The van der Waals surface area contributed by atoms with Gasteiger partial charge in [0.25, 0.3) is 5.91 Å². The predicted octanol–water partition coefficient (Wildman–Crippen LogP) is 4.13. The summed E-state index contributed by atoms with van der Waals surface area (Å²) in [4.78, 5) is 12.9. The first-order valence-electron chi connectivity index (χ1n) is 9.78. The number of nitrogens with one attached hydrogen (secondary N) is 2. The predicted molar refractivity (Wildman–Crippen MR) is 113 cm³/mol. The van der Waals surface area contributed by atoms with E-state index >= 15 is 0 Å². The van der Waals surface area contributed by atoms with Crippen LogP contribution in [0.2, 0.25) is 0 Å². The topological polar surface area (TPSA) is 75.3 Å². The zero-order valence-corrected chi connectivity index (χ0v) is 17.5. The van der Waals surface area contributed by atoms with Crippen LogP contribution < -0.4 is 10.0 Å². The Morgan fingerprint density at radius 3 is 2.50 bits per heavy atom. The summed E-state index contributed by atoms with van der Waals surface area (Å²) < 4.78 is 25.6. The van der Waals surface area contributed by atoms with E-state index in [-0.39, 0.29) is 11.9 Å². The van der Waals surface area contributed by atoms with Gasteiger partial charge in [-0.25, -0.2) is 8.42 Å². The molecule has 0 bridgehead atoms. The first-order valence-corrected chi connectivity index (χ1v) is 11.7. The number of carbonyl (C=O) groups excluding carboxylic acids is 1. The molecule has 0 saturated heterocycles. The quantitative estimate of drug-likeness (QED) is 0.766. The molecule has 5 nitrogen and oxygen atoms in total. The van der Waals surface area contributed by atoms with Gasteiger partial charge in [-0.2, -0.15) is 0 Å². The van der Waals surface area contributed by atoms with Crippen LogP contribution in [0.25, 0.3) is 0 Å². The Hall–Kier alpha value is -2.34. The molecule has 1 amide bonds. The maximum atomic E-state index is 12.9. The van der Waals surface area contributed by atoms with Crippen LogP contribution in [0, 0.1) is 6.92 Å². The number of fused-ring (bicyclic) bond motifs is 1. The van der Waals surface area contributed by atoms with Gasteiger partial charge >= 0.3 is 0 Å². The summed E-state index contributed by atoms with van der Waals surface area (Å²) in [7, 11) is -3.40. The van der Waals surface area contributed by atoms with Crippen molar-refractivity contribution in [2.75, 3.05) is 11.0 Å². The van der Waals surface area contributed by atoms with Crippen molar-refractivity contribution in [2.24, 2.45) is 0 Å². The summed E-state index contributed by atoms with van der Waals surface area (Å²) in [5.74, 6) is -0.195. The molecule has 3 rings (SSSR count). The fraction of sp³-hybridized carbons (Fsp3) is 0.409. The Morgan fingerprint density at radius 2 is 1.82 bits per heavy atom. The van der Waals surface area contributed by atoms with Crippen LogP contribution in [0.3, 0.4) is 0 Å². The molecule has 0 radical (unpaired) electrons. The first-order chi connectivity index (χ1) is 13.3. The van der Waals surface area contributed by atoms with Crippen LogP contribution in [0.4, 0.5) is 5.69 Å². The SMILES string of the molecule is CC[C@@H](NC(=O)c1cccc(NS(C)(=O)=O)c1C)c1ccc2c(c1)CCCC2. The fourth-order valence-corrected chi connectivity index (χ4v) is 4.44. The molecule has 0 aliphatic heterocycles. The molecule has 0 fully saturated rings. The van der Waals surface area contributed by atoms with Crippen LogP contribution in [-0.2, 0) is 22.9 Å². The second-order valence-corrected chi connectivity index (χ2v) is 9.27. The number of benzene rings is 2. The number of sulfonamides is 1. The second-order valence-electron chi connectivity index (χ2n) is 7.52. The third-order valence-corrected chi connectivity index (χ3v) is 5.95. The molecule has 1 atom stereocenters. The smallest absolute Gasteiger partial charge is 0.252 e. The molecule has 0 unspecified atom stereocenters. The molecule has 2 aromatic carbocycles. The van der Waals surface area contributed by atoms with Gasteiger partial charge in [-0.3, -0.25) is 9.52 Å². The largest absolute Gasteiger partial charge is 0.345 e. The third kappa shape index (κ3) is 4.73. The molecule has 150 valence electrons. The van der Waals surface area contributed by atoms with E-state index in [0.717, 1.165) is 31.1 Å². The van der Waals surface area contributed by atoms with Crippen molar-refractivity contribution in [1.29, 1.82) is 0 Å². The van der Waals surface area contributed by atoms with Gasteiger partial charge in [-0.1, -0.05) is 31.2 Å². The minimum atomic E-state index is -3.40. The second kappa shape index (κ2) is 8.35. The zero-order valence-electron chi connectivity index (χ0n) is 16.7. The lowest BCUT2D eigenvalue weighted by molar-refractivity contribution is 0.0935. The van der Waals surface area contributed by atoms with E-state index in [1.807, 2.05) is 0 Å². The lowest BCUT2D eigenvalue weighted by Crippen LogP contribution is -2.29. The van der Waals surface area contributed by atoms with E-state index < -0.39 is 10.0 Å². The number of hydrogen-bond donors (Lipinski definition) is 2. The summed E-state index contributed by atoms with van der Waals surface area (Å²) in [6, 6.07) is 11.5. The Kier molecular flexibility index (Phi) is 6.08. The third-order valence-electron chi connectivity index (χ3n) is 5.36. The Morgan fingerprint density at radius 1 is 1.11 bits per heavy atom. The molecule has 0 spiro atoms. The molecule has 1 aliphatic carbocycles. The van der Waals surface area contributed by atoms with Gasteiger partial charge in [0.2, 0.25) is 10.0 Å². The maximum Gasteiger partial charge on any atom is 0.252 e. The van der Waals surface area contributed by atoms with Crippen LogP contribution in [0.5, 0.6) is 0 Å². The number of anilines is 1. The highest BCUT2D eigenvalue weighted by atomic mass is 32.2. The molecule has 28 heavy (non-hydrogen) atoms. The normalized spacial score (nSPS) is 14.8. The highest BCUT2D eigenvalue weighted by molar-refractivity contribution is 7.92. The van der Waals surface area contributed by atoms with Crippen molar-refractivity contribution >= 4 is 21.6 Å². The van der Waals surface area contributed by atoms with Gasteiger partial charge in [0.1, 0.15) is 0 Å². The lowest BCUT2D eigenvalue weighted by Gasteiger charge is -2.22. The van der Waals surface area contributed by atoms with Crippen LogP contribution in [0.15, 0.2) is 36.4 Å². The van der Waals surface area contributed by atoms with Crippen molar-refractivity contribution in [3.63, 3.8) is 0 Å². The minimum absolute atomic E-state index is 0.0781. The highest BCUT2D eigenvalue weighted by Gasteiger charge is 2.19. The lowest BCUT2D eigenvalue weighted by atomic mass is 9.88. The molecule has 0 aromatic heterocycles. The van der Waals surface area contributed by atoms with Crippen molar-refractivity contribution < 1.29 is 13.2 Å². The molecule has 2 aromatic rings. The van der Waals surface area contributed by atoms with Crippen LogP contribution in [-0.4, -0.2) is 20.6 Å². The number of aryl methyl sites for hydroxylation is 2. The molecule has 0 saturated carbocycles. The monoisotopic (exact) mass is 400 g/mol. The van der Waals surface area contributed by atoms with Crippen molar-refractivity contribution in [1.82, 2.24) is 5.32 Å². The zero-order chi connectivity index (χ0) is 20.3. The van der Waals surface area contributed by atoms with Gasteiger partial charge < -0.3 is 5.32 Å². The van der Waals surface area contributed by atoms with E-state index in [4.69, 9.17) is 0 Å². The Labute approximate surface area is 167 Å². The van der Waals surface area contributed by atoms with E-state index in [1.54, 1.807) is 25.1 Å². The Bertz CT molecular complexity index is 983. The van der Waals surface area contributed by atoms with E-state index in [0.29, 0.717) is 16.8 Å². The van der Waals surface area contributed by atoms with E-state index in [9.17, 15) is 13.2 Å². The fourth-order valence-electron chi connectivity index (χ4n) is 3.82. The average Bonchev–Trinajstić information content (AvgIpc) is 2.66. The van der Waals surface area contributed by atoms with Crippen molar-refractivity contribution in [2.45, 2.75) is 52.0 Å². The van der Waals surface area contributed by atoms with Crippen LogP contribution in [0.1, 0.15) is 64.8 Å². The summed E-state index contributed by atoms with van der Waals surface area (Å²) in [6.45, 7) is 3.81. The highest BCUT2D eigenvalue weighted by Crippen LogP contribution is 2.27. The van der Waals surface area contributed by atoms with E-state index in [1.165, 1.54) is 24.0 Å². The van der Waals surface area contributed by atoms with Gasteiger partial charge in [-0.15, -0.1) is 0 Å². The summed E-state index contributed by atoms with van der Waals surface area (Å²) in [6.07, 6.45) is 6.59. The van der Waals surface area contributed by atoms with Crippen molar-refractivity contribution in [3.8, 4) is 0 Å². The number of rotatable bonds is 6. The Balaban J connectivity index is 1.82. The molecule has 2 N–H and O–H groups in total. The summed E-state index contributed by atoms with van der Waals surface area (Å²) >= 11 is 0. The van der Waals surface area contributed by atoms with Crippen molar-refractivity contribution in [3.05, 3.63) is 64.2 Å². The van der Waals surface area contributed by atoms with Gasteiger partial charge in [-0.05, 0) is 73.4 Å². The number of carbonyl (C=O) groups is 1. The number of amides is 1. The molecule has 6 heteroatoms. The van der Waals surface area contributed by atoms with Gasteiger partial charge in [0.15, 0.2) is 0 Å². The average molecular weight is 401 g/mol. The van der Waals surface area contributed by atoms with Crippen LogP contribution >= 0.6 is 0 Å². The van der Waals surface area contributed by atoms with Gasteiger partial charge in [0, 0.05) is 5.56 Å². The van der Waals surface area contributed by atoms with Gasteiger partial charge in [0.05, 0.1) is 18.0 Å². The summed E-state index contributed by atoms with van der Waals surface area (Å²) in [5.41, 5.74) is 5.46. The summed E-state index contributed by atoms with van der Waals surface area (Å²) in [5, 5.41) is 3.12. The maximum absolute atomic E-state index is 12.9. The number of hydrogen-bond acceptors (Lipinski definition) is 3. The minimum Gasteiger partial charge on any atom is -0.345 e. The molecular weight excluding hydrogens is 372 g/mol. The molecular formula is C22H28N2O3S. The standard InChI is InChI=1S/C22H28N2O3S/c1-4-20(18-13-12-16-8-5-6-9-17(16)14-18)23-22(25)19-10-7-11-21(15(19)2)24-28(3,26)27/h7,10-14,20,24H,4-6,8-9H2,1-3H3,(H,23,25)/t20-/m1/s1. The molecule has 1 aliphatic rings.